The topological polar surface area (TPSA) is 58.2 Å². The number of hydrogen-bond donors (Lipinski definition) is 2. The lowest BCUT2D eigenvalue weighted by Gasteiger charge is -2.22. The Morgan fingerprint density at radius 2 is 1.58 bits per heavy atom. The largest absolute Gasteiger partial charge is 0.355 e. The second-order valence-electron chi connectivity index (χ2n) is 6.08. The third kappa shape index (κ3) is 4.65. The average Bonchev–Trinajstić information content (AvgIpc) is 2.57. The summed E-state index contributed by atoms with van der Waals surface area (Å²) in [5, 5.41) is 5.42. The van der Waals surface area contributed by atoms with Crippen molar-refractivity contribution in [1.29, 1.82) is 0 Å². The zero-order valence-corrected chi connectivity index (χ0v) is 13.8. The molecule has 2 rings (SSSR count). The third-order valence-electron chi connectivity index (χ3n) is 3.78. The highest BCUT2D eigenvalue weighted by Gasteiger charge is 2.35. The molecule has 0 spiro atoms. The summed E-state index contributed by atoms with van der Waals surface area (Å²) in [7, 11) is 0. The molecule has 24 heavy (non-hydrogen) atoms. The van der Waals surface area contributed by atoms with Gasteiger partial charge in [0.05, 0.1) is 0 Å². The molecule has 4 nitrogen and oxygen atoms in total. The van der Waals surface area contributed by atoms with Crippen LogP contribution in [0.4, 0.5) is 10.1 Å². The lowest BCUT2D eigenvalue weighted by molar-refractivity contribution is -0.138. The molecule has 0 saturated carbocycles. The third-order valence-corrected chi connectivity index (χ3v) is 3.78. The molecule has 5 heteroatoms. The van der Waals surface area contributed by atoms with Crippen LogP contribution < -0.4 is 10.6 Å². The minimum absolute atomic E-state index is 0.349. The number of halogens is 1. The van der Waals surface area contributed by atoms with Crippen LogP contribution in [0.15, 0.2) is 54.6 Å². The fourth-order valence-electron chi connectivity index (χ4n) is 2.11. The zero-order valence-electron chi connectivity index (χ0n) is 13.8. The Morgan fingerprint density at radius 3 is 2.21 bits per heavy atom. The van der Waals surface area contributed by atoms with Gasteiger partial charge in [0.2, 0.25) is 11.8 Å². The van der Waals surface area contributed by atoms with E-state index in [1.165, 1.54) is 24.3 Å². The lowest BCUT2D eigenvalue weighted by atomic mass is 9.91. The van der Waals surface area contributed by atoms with Crippen LogP contribution in [-0.2, 0) is 16.0 Å². The fraction of sp³-hybridized carbons (Fsp3) is 0.263. The molecule has 0 aliphatic carbocycles. The van der Waals surface area contributed by atoms with Crippen molar-refractivity contribution in [3.63, 3.8) is 0 Å². The van der Waals surface area contributed by atoms with Crippen molar-refractivity contribution in [1.82, 2.24) is 5.32 Å². The highest BCUT2D eigenvalue weighted by atomic mass is 19.1. The van der Waals surface area contributed by atoms with Crippen molar-refractivity contribution < 1.29 is 14.0 Å². The van der Waals surface area contributed by atoms with E-state index in [0.29, 0.717) is 18.7 Å². The summed E-state index contributed by atoms with van der Waals surface area (Å²) in [6.07, 6.45) is 0.697. The average molecular weight is 328 g/mol. The Hall–Kier alpha value is -2.69. The number of benzene rings is 2. The smallest absolute Gasteiger partial charge is 0.239 e. The van der Waals surface area contributed by atoms with E-state index in [2.05, 4.69) is 10.6 Å². The van der Waals surface area contributed by atoms with Crippen LogP contribution in [-0.4, -0.2) is 18.4 Å². The van der Waals surface area contributed by atoms with E-state index in [-0.39, 0.29) is 11.7 Å². The van der Waals surface area contributed by atoms with Gasteiger partial charge < -0.3 is 10.6 Å². The molecule has 0 fully saturated rings. The van der Waals surface area contributed by atoms with Crippen molar-refractivity contribution >= 4 is 17.5 Å². The van der Waals surface area contributed by atoms with Gasteiger partial charge in [0.15, 0.2) is 0 Å². The highest BCUT2D eigenvalue weighted by Crippen LogP contribution is 2.19. The Labute approximate surface area is 141 Å². The zero-order chi connectivity index (χ0) is 17.6. The van der Waals surface area contributed by atoms with Crippen molar-refractivity contribution in [3.8, 4) is 0 Å². The number of amides is 2. The molecule has 0 heterocycles. The number of carbonyl (C=O) groups excluding carboxylic acids is 2. The molecule has 0 unspecified atom stereocenters. The van der Waals surface area contributed by atoms with Gasteiger partial charge in [-0.25, -0.2) is 4.39 Å². The van der Waals surface area contributed by atoms with Crippen LogP contribution >= 0.6 is 0 Å². The predicted octanol–water partition coefficient (Wildman–Crippen LogP) is 3.15. The van der Waals surface area contributed by atoms with Crippen molar-refractivity contribution in [2.75, 3.05) is 11.9 Å². The predicted molar refractivity (Wildman–Crippen MR) is 92.0 cm³/mol. The van der Waals surface area contributed by atoms with Gasteiger partial charge in [-0.3, -0.25) is 9.59 Å². The Bertz CT molecular complexity index is 697. The van der Waals surface area contributed by atoms with Crippen LogP contribution in [0.5, 0.6) is 0 Å². The minimum Gasteiger partial charge on any atom is -0.355 e. The van der Waals surface area contributed by atoms with E-state index < -0.39 is 11.3 Å². The van der Waals surface area contributed by atoms with E-state index in [1.807, 2.05) is 30.3 Å². The van der Waals surface area contributed by atoms with E-state index in [1.54, 1.807) is 13.8 Å². The summed E-state index contributed by atoms with van der Waals surface area (Å²) < 4.78 is 12.9. The molecule has 0 atom stereocenters. The Kier molecular flexibility index (Phi) is 5.68. The van der Waals surface area contributed by atoms with Gasteiger partial charge in [0.1, 0.15) is 11.2 Å². The second kappa shape index (κ2) is 7.73. The molecular formula is C19H21FN2O2. The second-order valence-corrected chi connectivity index (χ2v) is 6.08. The number of rotatable bonds is 6. The molecule has 2 aromatic rings. The van der Waals surface area contributed by atoms with Crippen molar-refractivity contribution in [2.45, 2.75) is 20.3 Å². The summed E-state index contributed by atoms with van der Waals surface area (Å²) in [6, 6.07) is 15.2. The van der Waals surface area contributed by atoms with Crippen LogP contribution in [0.1, 0.15) is 19.4 Å². The summed E-state index contributed by atoms with van der Waals surface area (Å²) in [4.78, 5) is 24.6. The number of nitrogens with one attached hydrogen (secondary N) is 2. The van der Waals surface area contributed by atoms with Gasteiger partial charge >= 0.3 is 0 Å². The number of carbonyl (C=O) groups is 2. The first kappa shape index (κ1) is 17.7. The monoisotopic (exact) mass is 328 g/mol. The van der Waals surface area contributed by atoms with Crippen molar-refractivity contribution in [2.24, 2.45) is 5.41 Å². The normalized spacial score (nSPS) is 11.0. The fourth-order valence-corrected chi connectivity index (χ4v) is 2.11. The van der Waals surface area contributed by atoms with Gasteiger partial charge in [-0.15, -0.1) is 0 Å². The van der Waals surface area contributed by atoms with E-state index in [4.69, 9.17) is 0 Å². The van der Waals surface area contributed by atoms with E-state index in [9.17, 15) is 14.0 Å². The van der Waals surface area contributed by atoms with Crippen molar-refractivity contribution in [3.05, 3.63) is 66.0 Å². The molecule has 0 saturated heterocycles. The maximum Gasteiger partial charge on any atom is 0.239 e. The standard InChI is InChI=1S/C19H21FN2O2/c1-19(2,18(24)22-16-10-8-15(20)9-11-16)17(23)21-13-12-14-6-4-3-5-7-14/h3-11H,12-13H2,1-2H3,(H,21,23)(H,22,24). The maximum absolute atomic E-state index is 12.9. The molecule has 2 amide bonds. The molecule has 0 radical (unpaired) electrons. The molecular weight excluding hydrogens is 307 g/mol. The van der Waals surface area contributed by atoms with Crippen LogP contribution in [0, 0.1) is 11.2 Å². The van der Waals surface area contributed by atoms with Gasteiger partial charge in [0, 0.05) is 12.2 Å². The maximum atomic E-state index is 12.9. The summed E-state index contributed by atoms with van der Waals surface area (Å²) in [6.45, 7) is 3.57. The quantitative estimate of drug-likeness (QED) is 0.800. The molecule has 0 aliphatic heterocycles. The summed E-state index contributed by atoms with van der Waals surface area (Å²) >= 11 is 0. The van der Waals surface area contributed by atoms with E-state index in [0.717, 1.165) is 5.56 Å². The number of anilines is 1. The molecule has 0 bridgehead atoms. The van der Waals surface area contributed by atoms with E-state index >= 15 is 0 Å². The first-order valence-corrected chi connectivity index (χ1v) is 7.79. The Balaban J connectivity index is 1.89. The number of hydrogen-bond acceptors (Lipinski definition) is 2. The SMILES string of the molecule is CC(C)(C(=O)NCCc1ccccc1)C(=O)Nc1ccc(F)cc1. The van der Waals surface area contributed by atoms with Gasteiger partial charge in [-0.2, -0.15) is 0 Å². The molecule has 2 aromatic carbocycles. The lowest BCUT2D eigenvalue weighted by Crippen LogP contribution is -2.45. The molecule has 0 aromatic heterocycles. The molecule has 0 aliphatic rings. The first-order valence-electron chi connectivity index (χ1n) is 7.79. The van der Waals surface area contributed by atoms with Crippen LogP contribution in [0.25, 0.3) is 0 Å². The molecule has 2 N–H and O–H groups in total. The van der Waals surface area contributed by atoms with Crippen LogP contribution in [0.3, 0.4) is 0 Å². The van der Waals surface area contributed by atoms with Gasteiger partial charge in [-0.1, -0.05) is 30.3 Å². The first-order chi connectivity index (χ1) is 11.4. The Morgan fingerprint density at radius 1 is 0.958 bits per heavy atom. The molecule has 126 valence electrons. The summed E-state index contributed by atoms with van der Waals surface area (Å²) in [5.74, 6) is -1.17. The summed E-state index contributed by atoms with van der Waals surface area (Å²) in [5.41, 5.74) is 0.336. The highest BCUT2D eigenvalue weighted by molar-refractivity contribution is 6.09. The van der Waals surface area contributed by atoms with Gasteiger partial charge in [0.25, 0.3) is 0 Å². The minimum atomic E-state index is -1.23. The van der Waals surface area contributed by atoms with Crippen LogP contribution in [0.2, 0.25) is 0 Å². The van der Waals surface area contributed by atoms with Gasteiger partial charge in [-0.05, 0) is 50.1 Å².